The topological polar surface area (TPSA) is 44.5 Å². The number of hydrogen-bond donors (Lipinski definition) is 1. The molecule has 0 amide bonds. The number of halogens is 1. The monoisotopic (exact) mass is 287 g/mol. The molecule has 0 bridgehead atoms. The van der Waals surface area contributed by atoms with E-state index in [1.54, 1.807) is 14.2 Å². The van der Waals surface area contributed by atoms with Crippen LogP contribution in [0.2, 0.25) is 0 Å². The summed E-state index contributed by atoms with van der Waals surface area (Å²) < 4.78 is 10.9. The Morgan fingerprint density at radius 3 is 2.11 bits per heavy atom. The molecule has 1 atom stereocenters. The highest BCUT2D eigenvalue weighted by Crippen LogP contribution is 2.34. The Morgan fingerprint density at radius 1 is 1.11 bits per heavy atom. The molecule has 0 aliphatic heterocycles. The predicted octanol–water partition coefficient (Wildman–Crippen LogP) is 3.53. The van der Waals surface area contributed by atoms with Gasteiger partial charge >= 0.3 is 0 Å². The van der Waals surface area contributed by atoms with Crippen LogP contribution in [0.5, 0.6) is 11.5 Å². The molecular formula is C15H26ClNO2. The van der Waals surface area contributed by atoms with Crippen LogP contribution < -0.4 is 15.2 Å². The summed E-state index contributed by atoms with van der Waals surface area (Å²) in [5, 5.41) is 0. The molecule has 0 fully saturated rings. The van der Waals surface area contributed by atoms with E-state index in [1.165, 1.54) is 5.56 Å². The Bertz CT molecular complexity index is 394. The molecule has 0 heterocycles. The van der Waals surface area contributed by atoms with Gasteiger partial charge in [-0.3, -0.25) is 0 Å². The van der Waals surface area contributed by atoms with Crippen LogP contribution in [0.4, 0.5) is 0 Å². The lowest BCUT2D eigenvalue weighted by molar-refractivity contribution is 0.391. The molecule has 0 aromatic heterocycles. The third-order valence-corrected chi connectivity index (χ3v) is 3.26. The summed E-state index contributed by atoms with van der Waals surface area (Å²) in [6.07, 6.45) is 1.77. The molecule has 0 aliphatic rings. The van der Waals surface area contributed by atoms with E-state index in [-0.39, 0.29) is 18.4 Å². The third-order valence-electron chi connectivity index (χ3n) is 3.26. The lowest BCUT2D eigenvalue weighted by Gasteiger charge is -2.18. The van der Waals surface area contributed by atoms with E-state index in [1.807, 2.05) is 0 Å². The van der Waals surface area contributed by atoms with Gasteiger partial charge in [0.1, 0.15) is 11.5 Å². The Hall–Kier alpha value is -0.930. The summed E-state index contributed by atoms with van der Waals surface area (Å²) in [4.78, 5) is 0. The summed E-state index contributed by atoms with van der Waals surface area (Å²) in [5.74, 6) is 2.23. The van der Waals surface area contributed by atoms with E-state index in [4.69, 9.17) is 15.2 Å². The molecule has 19 heavy (non-hydrogen) atoms. The highest BCUT2D eigenvalue weighted by molar-refractivity contribution is 5.85. The summed E-state index contributed by atoms with van der Waals surface area (Å²) in [7, 11) is 3.41. The van der Waals surface area contributed by atoms with Crippen LogP contribution in [0, 0.1) is 0 Å². The number of ether oxygens (including phenoxy) is 2. The summed E-state index contributed by atoms with van der Waals surface area (Å²) in [6, 6.07) is 4.29. The predicted molar refractivity (Wildman–Crippen MR) is 82.9 cm³/mol. The van der Waals surface area contributed by atoms with Crippen LogP contribution in [0.25, 0.3) is 0 Å². The van der Waals surface area contributed by atoms with Crippen LogP contribution in [-0.2, 0) is 6.42 Å². The number of rotatable bonds is 6. The van der Waals surface area contributed by atoms with Gasteiger partial charge in [-0.1, -0.05) is 20.8 Å². The second-order valence-electron chi connectivity index (χ2n) is 4.93. The van der Waals surface area contributed by atoms with Gasteiger partial charge in [0.25, 0.3) is 0 Å². The van der Waals surface area contributed by atoms with Crippen LogP contribution in [0.1, 0.15) is 44.2 Å². The summed E-state index contributed by atoms with van der Waals surface area (Å²) >= 11 is 0. The second kappa shape index (κ2) is 8.28. The van der Waals surface area contributed by atoms with Crippen LogP contribution in [0.15, 0.2) is 12.1 Å². The van der Waals surface area contributed by atoms with E-state index in [0.717, 1.165) is 29.9 Å². The molecule has 0 radical (unpaired) electrons. The van der Waals surface area contributed by atoms with Crippen molar-refractivity contribution >= 4 is 12.4 Å². The van der Waals surface area contributed by atoms with Gasteiger partial charge in [-0.15, -0.1) is 12.4 Å². The highest BCUT2D eigenvalue weighted by atomic mass is 35.5. The first-order chi connectivity index (χ1) is 8.53. The van der Waals surface area contributed by atoms with Crippen molar-refractivity contribution in [3.05, 3.63) is 23.3 Å². The lowest BCUT2D eigenvalue weighted by Crippen LogP contribution is -2.21. The van der Waals surface area contributed by atoms with Gasteiger partial charge in [0.2, 0.25) is 0 Å². The smallest absolute Gasteiger partial charge is 0.122 e. The first-order valence-electron chi connectivity index (χ1n) is 6.53. The van der Waals surface area contributed by atoms with Crippen LogP contribution >= 0.6 is 12.4 Å². The second-order valence-corrected chi connectivity index (χ2v) is 4.93. The Kier molecular flexibility index (Phi) is 7.88. The zero-order chi connectivity index (χ0) is 13.7. The Balaban J connectivity index is 0.00000324. The molecule has 1 rings (SSSR count). The average Bonchev–Trinajstić information content (AvgIpc) is 2.37. The normalized spacial score (nSPS) is 11.9. The van der Waals surface area contributed by atoms with Crippen molar-refractivity contribution < 1.29 is 9.47 Å². The summed E-state index contributed by atoms with van der Waals surface area (Å²) in [6.45, 7) is 6.39. The van der Waals surface area contributed by atoms with E-state index < -0.39 is 0 Å². The summed E-state index contributed by atoms with van der Waals surface area (Å²) in [5.41, 5.74) is 8.31. The van der Waals surface area contributed by atoms with Crippen molar-refractivity contribution in [2.45, 2.75) is 45.6 Å². The largest absolute Gasteiger partial charge is 0.496 e. The molecule has 110 valence electrons. The molecule has 1 aromatic carbocycles. The molecule has 0 spiro atoms. The number of hydrogen-bond acceptors (Lipinski definition) is 3. The van der Waals surface area contributed by atoms with E-state index in [2.05, 4.69) is 32.9 Å². The van der Waals surface area contributed by atoms with Gasteiger partial charge in [-0.2, -0.15) is 0 Å². The first kappa shape index (κ1) is 18.1. The van der Waals surface area contributed by atoms with E-state index >= 15 is 0 Å². The molecule has 0 aliphatic carbocycles. The maximum absolute atomic E-state index is 6.02. The van der Waals surface area contributed by atoms with Gasteiger partial charge in [-0.05, 0) is 36.5 Å². The van der Waals surface area contributed by atoms with Crippen molar-refractivity contribution in [1.82, 2.24) is 0 Å². The molecule has 1 aromatic rings. The zero-order valence-corrected chi connectivity index (χ0v) is 13.3. The fourth-order valence-corrected chi connectivity index (χ4v) is 2.02. The number of benzene rings is 1. The Labute approximate surface area is 122 Å². The molecular weight excluding hydrogens is 262 g/mol. The van der Waals surface area contributed by atoms with Crippen LogP contribution in [0.3, 0.4) is 0 Å². The van der Waals surface area contributed by atoms with E-state index in [0.29, 0.717) is 5.92 Å². The Morgan fingerprint density at radius 2 is 1.68 bits per heavy atom. The zero-order valence-electron chi connectivity index (χ0n) is 12.5. The number of nitrogens with two attached hydrogens (primary N) is 1. The van der Waals surface area contributed by atoms with Crippen molar-refractivity contribution in [3.8, 4) is 11.5 Å². The number of methoxy groups -OCH3 is 2. The minimum Gasteiger partial charge on any atom is -0.496 e. The fraction of sp³-hybridized carbons (Fsp3) is 0.600. The maximum atomic E-state index is 6.02. The third kappa shape index (κ3) is 4.59. The highest BCUT2D eigenvalue weighted by Gasteiger charge is 2.15. The molecule has 0 saturated carbocycles. The standard InChI is InChI=1S/C15H25NO2.ClH/c1-6-12(16)7-11-8-15(18-5)13(10(2)3)9-14(11)17-4;/h8-10,12H,6-7,16H2,1-5H3;1H. The first-order valence-corrected chi connectivity index (χ1v) is 6.53. The van der Waals surface area contributed by atoms with Crippen molar-refractivity contribution in [3.63, 3.8) is 0 Å². The minimum absolute atomic E-state index is 0. The van der Waals surface area contributed by atoms with Gasteiger partial charge in [0.15, 0.2) is 0 Å². The van der Waals surface area contributed by atoms with Gasteiger partial charge < -0.3 is 15.2 Å². The maximum Gasteiger partial charge on any atom is 0.122 e. The van der Waals surface area contributed by atoms with Crippen LogP contribution in [-0.4, -0.2) is 20.3 Å². The molecule has 3 nitrogen and oxygen atoms in total. The molecule has 2 N–H and O–H groups in total. The van der Waals surface area contributed by atoms with E-state index in [9.17, 15) is 0 Å². The van der Waals surface area contributed by atoms with Gasteiger partial charge in [0.05, 0.1) is 14.2 Å². The van der Waals surface area contributed by atoms with Crippen molar-refractivity contribution in [2.75, 3.05) is 14.2 Å². The quantitative estimate of drug-likeness (QED) is 0.870. The van der Waals surface area contributed by atoms with Crippen molar-refractivity contribution in [1.29, 1.82) is 0 Å². The minimum atomic E-state index is 0. The average molecular weight is 288 g/mol. The molecule has 0 saturated heterocycles. The SMILES string of the molecule is CCC(N)Cc1cc(OC)c(C(C)C)cc1OC.Cl. The molecule has 1 unspecified atom stereocenters. The molecule has 4 heteroatoms. The van der Waals surface area contributed by atoms with Gasteiger partial charge in [-0.25, -0.2) is 0 Å². The fourth-order valence-electron chi connectivity index (χ4n) is 2.02. The lowest BCUT2D eigenvalue weighted by atomic mass is 9.96. The van der Waals surface area contributed by atoms with Gasteiger partial charge in [0, 0.05) is 11.6 Å². The van der Waals surface area contributed by atoms with Crippen molar-refractivity contribution in [2.24, 2.45) is 5.73 Å².